The fraction of sp³-hybridized carbons (Fsp3) is 0.333. The minimum atomic E-state index is 1.07. The third-order valence-electron chi connectivity index (χ3n) is 2.51. The molecule has 0 heteroatoms. The predicted octanol–water partition coefficient (Wildman–Crippen LogP) is 4.38. The number of allylic oxidation sites excluding steroid dienone is 1. The van der Waals surface area contributed by atoms with E-state index in [0.29, 0.717) is 0 Å². The lowest BCUT2D eigenvalue weighted by atomic mass is 10.0. The topological polar surface area (TPSA) is 0 Å². The van der Waals surface area contributed by atoms with Gasteiger partial charge in [0.05, 0.1) is 0 Å². The van der Waals surface area contributed by atoms with Crippen LogP contribution in [-0.2, 0) is 0 Å². The molecule has 0 aliphatic heterocycles. The summed E-state index contributed by atoms with van der Waals surface area (Å²) in [6, 6.07) is 2.13. The highest BCUT2D eigenvalue weighted by molar-refractivity contribution is 5.55. The van der Waals surface area contributed by atoms with Gasteiger partial charge >= 0.3 is 0 Å². The van der Waals surface area contributed by atoms with Gasteiger partial charge in [-0.05, 0) is 41.0 Å². The predicted molar refractivity (Wildman–Crippen MR) is 88.1 cm³/mol. The van der Waals surface area contributed by atoms with E-state index in [9.17, 15) is 0 Å². The lowest BCUT2D eigenvalue weighted by molar-refractivity contribution is 1.29. The van der Waals surface area contributed by atoms with Crippen molar-refractivity contribution >= 4 is 18.7 Å². The van der Waals surface area contributed by atoms with Crippen molar-refractivity contribution in [2.45, 2.75) is 41.5 Å². The van der Waals surface area contributed by atoms with Crippen LogP contribution in [0, 0.1) is 13.8 Å². The van der Waals surface area contributed by atoms with Gasteiger partial charge in [0, 0.05) is 0 Å². The zero-order valence-electron chi connectivity index (χ0n) is 12.9. The molecule has 0 spiro atoms. The van der Waals surface area contributed by atoms with E-state index < -0.39 is 0 Å². The first-order valence-electron chi connectivity index (χ1n) is 6.66. The van der Waals surface area contributed by atoms with Crippen LogP contribution in [0.3, 0.4) is 0 Å². The summed E-state index contributed by atoms with van der Waals surface area (Å²) in [5.74, 6) is 0. The molecule has 0 radical (unpaired) electrons. The van der Waals surface area contributed by atoms with Gasteiger partial charge in [-0.2, -0.15) is 0 Å². The number of rotatable bonds is 2. The van der Waals surface area contributed by atoms with Crippen molar-refractivity contribution in [1.29, 1.82) is 0 Å². The van der Waals surface area contributed by atoms with Crippen LogP contribution in [0.1, 0.15) is 44.4 Å². The summed E-state index contributed by atoms with van der Waals surface area (Å²) in [4.78, 5) is 0. The molecule has 0 saturated heterocycles. The molecule has 1 rings (SSSR count). The first-order chi connectivity index (χ1) is 8.61. The Bertz CT molecular complexity index is 476. The van der Waals surface area contributed by atoms with Gasteiger partial charge in [-0.15, -0.1) is 0 Å². The third kappa shape index (κ3) is 4.75. The van der Waals surface area contributed by atoms with Crippen molar-refractivity contribution in [3.63, 3.8) is 0 Å². The summed E-state index contributed by atoms with van der Waals surface area (Å²) in [7, 11) is 0. The van der Waals surface area contributed by atoms with Gasteiger partial charge in [0.2, 0.25) is 0 Å². The standard InChI is InChI=1S/C14H16.2C2H6/c1-6-8-14-10(3)9-13(7-2)11(4)12(14)5;2*1-2/h6-9H,1-2,5H2,3-4H3;2*1-2H3/b14-8-;;. The lowest BCUT2D eigenvalue weighted by Crippen LogP contribution is -2.29. The average Bonchev–Trinajstić information content (AvgIpc) is 2.43. The molecule has 100 valence electrons. The monoisotopic (exact) mass is 244 g/mol. The first-order valence-corrected chi connectivity index (χ1v) is 6.66. The maximum absolute atomic E-state index is 4.08. The quantitative estimate of drug-likeness (QED) is 0.724. The van der Waals surface area contributed by atoms with E-state index in [1.54, 1.807) is 6.08 Å². The normalized spacial score (nSPS) is 9.56. The van der Waals surface area contributed by atoms with Crippen molar-refractivity contribution in [2.24, 2.45) is 0 Å². The molecule has 1 aromatic rings. The van der Waals surface area contributed by atoms with Crippen LogP contribution in [0.2, 0.25) is 0 Å². The Labute approximate surface area is 113 Å². The average molecular weight is 244 g/mol. The van der Waals surface area contributed by atoms with Gasteiger partial charge in [-0.25, -0.2) is 0 Å². The maximum atomic E-state index is 4.08. The summed E-state index contributed by atoms with van der Waals surface area (Å²) in [6.07, 6.45) is 5.66. The van der Waals surface area contributed by atoms with Crippen LogP contribution in [-0.4, -0.2) is 0 Å². The molecule has 0 N–H and O–H groups in total. The van der Waals surface area contributed by atoms with Crippen LogP contribution in [0.15, 0.2) is 25.3 Å². The summed E-state index contributed by atoms with van der Waals surface area (Å²) in [5, 5.41) is 2.24. The Balaban J connectivity index is 0. The molecule has 0 aliphatic rings. The molecule has 0 saturated carbocycles. The van der Waals surface area contributed by atoms with Gasteiger partial charge < -0.3 is 0 Å². The lowest BCUT2D eigenvalue weighted by Gasteiger charge is -2.04. The molecule has 0 atom stereocenters. The van der Waals surface area contributed by atoms with Crippen molar-refractivity contribution in [3.8, 4) is 0 Å². The SMILES string of the molecule is C=C/C=c1/c(C)cc(C=C)c(C)c1=C.CC.CC. The van der Waals surface area contributed by atoms with Gasteiger partial charge in [-0.1, -0.05) is 71.7 Å². The highest BCUT2D eigenvalue weighted by Crippen LogP contribution is 2.04. The number of aryl methyl sites for hydroxylation is 1. The molecule has 0 bridgehead atoms. The number of hydrogen-bond acceptors (Lipinski definition) is 0. The van der Waals surface area contributed by atoms with Crippen LogP contribution in [0.25, 0.3) is 18.7 Å². The van der Waals surface area contributed by atoms with Crippen LogP contribution in [0.5, 0.6) is 0 Å². The maximum Gasteiger partial charge on any atom is -0.0158 e. The zero-order valence-corrected chi connectivity index (χ0v) is 12.9. The van der Waals surface area contributed by atoms with Crippen molar-refractivity contribution in [1.82, 2.24) is 0 Å². The van der Waals surface area contributed by atoms with E-state index >= 15 is 0 Å². The van der Waals surface area contributed by atoms with Crippen LogP contribution in [0.4, 0.5) is 0 Å². The molecule has 1 aromatic carbocycles. The Morgan fingerprint density at radius 2 is 1.50 bits per heavy atom. The summed E-state index contributed by atoms with van der Waals surface area (Å²) < 4.78 is 0. The first kappa shape index (κ1) is 18.8. The van der Waals surface area contributed by atoms with Crippen LogP contribution < -0.4 is 10.4 Å². The second-order valence-electron chi connectivity index (χ2n) is 3.41. The Morgan fingerprint density at radius 3 is 1.89 bits per heavy atom. The molecule has 0 aliphatic carbocycles. The molecule has 0 fully saturated rings. The smallest absolute Gasteiger partial charge is 0.0158 e. The van der Waals surface area contributed by atoms with Crippen molar-refractivity contribution in [3.05, 3.63) is 52.4 Å². The Kier molecular flexibility index (Phi) is 11.1. The van der Waals surface area contributed by atoms with Crippen LogP contribution >= 0.6 is 0 Å². The van der Waals surface area contributed by atoms with Gasteiger partial charge in [0.1, 0.15) is 0 Å². The Hall–Kier alpha value is -1.56. The molecule has 0 aromatic heterocycles. The van der Waals surface area contributed by atoms with E-state index in [1.807, 2.05) is 39.8 Å². The second-order valence-corrected chi connectivity index (χ2v) is 3.41. The van der Waals surface area contributed by atoms with Gasteiger partial charge in [-0.3, -0.25) is 0 Å². The fourth-order valence-corrected chi connectivity index (χ4v) is 1.60. The number of hydrogen-bond donors (Lipinski definition) is 0. The van der Waals surface area contributed by atoms with E-state index in [0.717, 1.165) is 10.8 Å². The molecule has 18 heavy (non-hydrogen) atoms. The van der Waals surface area contributed by atoms with Crippen molar-refractivity contribution < 1.29 is 0 Å². The summed E-state index contributed by atoms with van der Waals surface area (Å²) in [5.41, 5.74) is 3.57. The highest BCUT2D eigenvalue weighted by Gasteiger charge is 1.98. The zero-order chi connectivity index (χ0) is 14.7. The summed E-state index contributed by atoms with van der Waals surface area (Å²) in [6.45, 7) is 23.7. The van der Waals surface area contributed by atoms with E-state index in [1.165, 1.54) is 16.3 Å². The summed E-state index contributed by atoms with van der Waals surface area (Å²) >= 11 is 0. The molecule has 0 heterocycles. The van der Waals surface area contributed by atoms with Crippen molar-refractivity contribution in [2.75, 3.05) is 0 Å². The van der Waals surface area contributed by atoms with E-state index in [-0.39, 0.29) is 0 Å². The minimum absolute atomic E-state index is 1.07. The van der Waals surface area contributed by atoms with E-state index in [4.69, 9.17) is 0 Å². The largest absolute Gasteiger partial charge is 0.0990 e. The third-order valence-corrected chi connectivity index (χ3v) is 2.51. The minimum Gasteiger partial charge on any atom is -0.0990 e. The Morgan fingerprint density at radius 1 is 1.00 bits per heavy atom. The molecule has 0 unspecified atom stereocenters. The molecular weight excluding hydrogens is 216 g/mol. The van der Waals surface area contributed by atoms with Gasteiger partial charge in [0.25, 0.3) is 0 Å². The number of benzene rings is 1. The fourth-order valence-electron chi connectivity index (χ4n) is 1.60. The van der Waals surface area contributed by atoms with E-state index in [2.05, 4.69) is 39.7 Å². The second kappa shape index (κ2) is 10.6. The molecule has 0 amide bonds. The highest BCUT2D eigenvalue weighted by atomic mass is 14.0. The molecule has 0 nitrogen and oxygen atoms in total. The molecular formula is C18H28. The van der Waals surface area contributed by atoms with Gasteiger partial charge in [0.15, 0.2) is 0 Å².